The molecule has 3 aromatic carbocycles. The molecule has 27 heavy (non-hydrogen) atoms. The average Bonchev–Trinajstić information content (AvgIpc) is 2.74. The van der Waals surface area contributed by atoms with Gasteiger partial charge in [0.05, 0.1) is 5.60 Å². The van der Waals surface area contributed by atoms with Crippen LogP contribution < -0.4 is 5.32 Å². The van der Waals surface area contributed by atoms with Gasteiger partial charge in [-0.05, 0) is 16.7 Å². The van der Waals surface area contributed by atoms with Crippen molar-refractivity contribution in [2.75, 3.05) is 0 Å². The Morgan fingerprint density at radius 1 is 0.630 bits per heavy atom. The predicted molar refractivity (Wildman–Crippen MR) is 110 cm³/mol. The Balaban J connectivity index is 1.84. The summed E-state index contributed by atoms with van der Waals surface area (Å²) in [5, 5.41) is 16.0. The van der Waals surface area contributed by atoms with Gasteiger partial charge in [0.15, 0.2) is 0 Å². The van der Waals surface area contributed by atoms with Crippen LogP contribution >= 0.6 is 0 Å². The third kappa shape index (κ3) is 3.09. The number of rotatable bonds is 3. The zero-order valence-corrected chi connectivity index (χ0v) is 15.9. The molecule has 0 saturated carbocycles. The highest BCUT2D eigenvalue weighted by Crippen LogP contribution is 2.51. The quantitative estimate of drug-likeness (QED) is 0.672. The molecule has 0 aliphatic carbocycles. The Kier molecular flexibility index (Phi) is 4.86. The standard InChI is InChI=1S/C25H27NO/c1-18-23(20-12-6-3-7-13-20)26-24(21-14-8-4-9-15-21)19(2)25(18,27)22-16-10-5-11-17-22/h3-19,23-24,26-27H,1-2H3. The van der Waals surface area contributed by atoms with Crippen molar-refractivity contribution in [1.29, 1.82) is 0 Å². The summed E-state index contributed by atoms with van der Waals surface area (Å²) in [5.74, 6) is 0.0505. The topological polar surface area (TPSA) is 32.3 Å². The predicted octanol–water partition coefficient (Wildman–Crippen LogP) is 5.23. The summed E-state index contributed by atoms with van der Waals surface area (Å²) in [7, 11) is 0. The largest absolute Gasteiger partial charge is 0.384 e. The molecule has 4 atom stereocenters. The van der Waals surface area contributed by atoms with E-state index in [9.17, 15) is 5.11 Å². The van der Waals surface area contributed by atoms with Crippen molar-refractivity contribution >= 4 is 0 Å². The second-order valence-electron chi connectivity index (χ2n) is 7.71. The lowest BCUT2D eigenvalue weighted by Gasteiger charge is -2.52. The maximum atomic E-state index is 12.1. The summed E-state index contributed by atoms with van der Waals surface area (Å²) in [5.41, 5.74) is 2.50. The van der Waals surface area contributed by atoms with Crippen molar-refractivity contribution in [3.63, 3.8) is 0 Å². The third-order valence-electron chi connectivity index (χ3n) is 6.30. The summed E-state index contributed by atoms with van der Waals surface area (Å²) in [6.07, 6.45) is 0. The number of hydrogen-bond acceptors (Lipinski definition) is 2. The SMILES string of the molecule is CC1C(c2ccccc2)NC(c2ccccc2)C(C)C1(O)c1ccccc1. The van der Waals surface area contributed by atoms with E-state index in [1.807, 2.05) is 30.3 Å². The normalized spacial score (nSPS) is 30.8. The van der Waals surface area contributed by atoms with E-state index in [1.165, 1.54) is 11.1 Å². The van der Waals surface area contributed by atoms with Crippen LogP contribution in [0, 0.1) is 11.8 Å². The lowest BCUT2D eigenvalue weighted by Crippen LogP contribution is -2.55. The van der Waals surface area contributed by atoms with Crippen molar-refractivity contribution in [3.05, 3.63) is 108 Å². The molecular formula is C25H27NO. The molecule has 2 heteroatoms. The number of benzene rings is 3. The van der Waals surface area contributed by atoms with Crippen LogP contribution in [0.1, 0.15) is 42.6 Å². The highest BCUT2D eigenvalue weighted by Gasteiger charge is 2.52. The molecule has 2 N–H and O–H groups in total. The van der Waals surface area contributed by atoms with E-state index in [1.54, 1.807) is 0 Å². The van der Waals surface area contributed by atoms with Crippen LogP contribution in [0.3, 0.4) is 0 Å². The van der Waals surface area contributed by atoms with E-state index >= 15 is 0 Å². The minimum Gasteiger partial charge on any atom is -0.384 e. The number of hydrogen-bond donors (Lipinski definition) is 2. The highest BCUT2D eigenvalue weighted by molar-refractivity contribution is 5.33. The Bertz CT molecular complexity index is 811. The van der Waals surface area contributed by atoms with Gasteiger partial charge >= 0.3 is 0 Å². The summed E-state index contributed by atoms with van der Waals surface area (Å²) in [4.78, 5) is 0. The fraction of sp³-hybridized carbons (Fsp3) is 0.280. The molecule has 1 saturated heterocycles. The van der Waals surface area contributed by atoms with Gasteiger partial charge in [-0.3, -0.25) is 0 Å². The van der Waals surface area contributed by atoms with Crippen LogP contribution in [0.25, 0.3) is 0 Å². The molecule has 2 nitrogen and oxygen atoms in total. The number of nitrogens with one attached hydrogen (secondary N) is 1. The van der Waals surface area contributed by atoms with E-state index < -0.39 is 5.60 Å². The van der Waals surface area contributed by atoms with Crippen molar-refractivity contribution in [2.45, 2.75) is 31.5 Å². The Morgan fingerprint density at radius 3 is 1.41 bits per heavy atom. The molecule has 4 unspecified atom stereocenters. The molecule has 0 aromatic heterocycles. The first-order valence-corrected chi connectivity index (χ1v) is 9.76. The Labute approximate surface area is 161 Å². The van der Waals surface area contributed by atoms with Gasteiger partial charge in [0.1, 0.15) is 0 Å². The molecule has 138 valence electrons. The zero-order valence-electron chi connectivity index (χ0n) is 15.9. The lowest BCUT2D eigenvalue weighted by molar-refractivity contribution is -0.118. The molecular weight excluding hydrogens is 330 g/mol. The second kappa shape index (κ2) is 7.30. The Morgan fingerprint density at radius 2 is 1.00 bits per heavy atom. The van der Waals surface area contributed by atoms with Gasteiger partial charge in [-0.2, -0.15) is 0 Å². The van der Waals surface area contributed by atoms with Crippen LogP contribution in [0.2, 0.25) is 0 Å². The van der Waals surface area contributed by atoms with Gasteiger partial charge in [0, 0.05) is 23.9 Å². The van der Waals surface area contributed by atoms with E-state index in [4.69, 9.17) is 0 Å². The van der Waals surface area contributed by atoms with Gasteiger partial charge in [-0.15, -0.1) is 0 Å². The van der Waals surface area contributed by atoms with Crippen LogP contribution in [0.15, 0.2) is 91.0 Å². The smallest absolute Gasteiger partial charge is 0.0983 e. The minimum atomic E-state index is -0.923. The van der Waals surface area contributed by atoms with Crippen molar-refractivity contribution in [1.82, 2.24) is 5.32 Å². The first-order chi connectivity index (χ1) is 13.1. The van der Waals surface area contributed by atoms with Gasteiger partial charge in [0.25, 0.3) is 0 Å². The first kappa shape index (κ1) is 18.0. The van der Waals surface area contributed by atoms with Crippen LogP contribution in [0.5, 0.6) is 0 Å². The van der Waals surface area contributed by atoms with Crippen LogP contribution in [-0.4, -0.2) is 5.11 Å². The molecule has 1 aliphatic heterocycles. The molecule has 1 heterocycles. The summed E-state index contributed by atoms with van der Waals surface area (Å²) < 4.78 is 0. The monoisotopic (exact) mass is 357 g/mol. The average molecular weight is 357 g/mol. The maximum absolute atomic E-state index is 12.1. The van der Waals surface area contributed by atoms with Crippen molar-refractivity contribution in [2.24, 2.45) is 11.8 Å². The highest BCUT2D eigenvalue weighted by atomic mass is 16.3. The molecule has 0 amide bonds. The van der Waals surface area contributed by atoms with Gasteiger partial charge in [0.2, 0.25) is 0 Å². The second-order valence-corrected chi connectivity index (χ2v) is 7.71. The molecule has 0 radical (unpaired) electrons. The maximum Gasteiger partial charge on any atom is 0.0983 e. The first-order valence-electron chi connectivity index (χ1n) is 9.76. The summed E-state index contributed by atoms with van der Waals surface area (Å²) in [6, 6.07) is 31.3. The molecule has 3 aromatic rings. The van der Waals surface area contributed by atoms with E-state index in [2.05, 4.69) is 79.8 Å². The minimum absolute atomic E-state index is 0.0252. The lowest BCUT2D eigenvalue weighted by atomic mass is 9.63. The zero-order chi connectivity index (χ0) is 18.9. The van der Waals surface area contributed by atoms with Gasteiger partial charge < -0.3 is 10.4 Å². The third-order valence-corrected chi connectivity index (χ3v) is 6.30. The fourth-order valence-electron chi connectivity index (χ4n) is 4.73. The number of piperidine rings is 1. The van der Waals surface area contributed by atoms with Gasteiger partial charge in [-0.1, -0.05) is 105 Å². The molecule has 1 aliphatic rings. The van der Waals surface area contributed by atoms with E-state index in [0.29, 0.717) is 0 Å². The summed E-state index contributed by atoms with van der Waals surface area (Å²) >= 11 is 0. The van der Waals surface area contributed by atoms with Crippen molar-refractivity contribution < 1.29 is 5.11 Å². The van der Waals surface area contributed by atoms with Crippen molar-refractivity contribution in [3.8, 4) is 0 Å². The molecule has 0 bridgehead atoms. The fourth-order valence-corrected chi connectivity index (χ4v) is 4.73. The van der Waals surface area contributed by atoms with Crippen LogP contribution in [0.4, 0.5) is 0 Å². The Hall–Kier alpha value is -2.42. The van der Waals surface area contributed by atoms with Crippen LogP contribution in [-0.2, 0) is 5.60 Å². The van der Waals surface area contributed by atoms with Gasteiger partial charge in [-0.25, -0.2) is 0 Å². The number of aliphatic hydroxyl groups is 1. The molecule has 4 rings (SSSR count). The summed E-state index contributed by atoms with van der Waals surface area (Å²) in [6.45, 7) is 4.32. The van der Waals surface area contributed by atoms with E-state index in [0.717, 1.165) is 5.56 Å². The van der Waals surface area contributed by atoms with E-state index in [-0.39, 0.29) is 23.9 Å². The molecule has 1 fully saturated rings. The molecule has 0 spiro atoms.